The number of hydrogen-bond acceptors (Lipinski definition) is 2. The first-order valence-electron chi connectivity index (χ1n) is 6.28. The van der Waals surface area contributed by atoms with Crippen LogP contribution >= 0.6 is 0 Å². The lowest BCUT2D eigenvalue weighted by molar-refractivity contribution is 0.0421. The highest BCUT2D eigenvalue weighted by Gasteiger charge is 2.13. The van der Waals surface area contributed by atoms with Crippen molar-refractivity contribution in [2.75, 3.05) is 19.8 Å². The number of ether oxygens (including phenoxy) is 2. The largest absolute Gasteiger partial charge is 0.501 e. The summed E-state index contributed by atoms with van der Waals surface area (Å²) < 4.78 is 11.0. The monoisotopic (exact) mass is 232 g/mol. The van der Waals surface area contributed by atoms with E-state index in [2.05, 4.69) is 19.1 Å². The van der Waals surface area contributed by atoms with Crippen LogP contribution < -0.4 is 0 Å². The molecular formula is C15H20O2. The first kappa shape index (κ1) is 12.2. The highest BCUT2D eigenvalue weighted by Crippen LogP contribution is 2.17. The molecule has 0 spiro atoms. The predicted molar refractivity (Wildman–Crippen MR) is 69.6 cm³/mol. The van der Waals surface area contributed by atoms with Gasteiger partial charge in [0, 0.05) is 13.2 Å². The van der Waals surface area contributed by atoms with E-state index in [4.69, 9.17) is 9.47 Å². The highest BCUT2D eigenvalue weighted by atomic mass is 16.5. The molecule has 1 fully saturated rings. The van der Waals surface area contributed by atoms with Gasteiger partial charge in [0.1, 0.15) is 0 Å². The molecule has 92 valence electrons. The van der Waals surface area contributed by atoms with Crippen molar-refractivity contribution in [1.29, 1.82) is 0 Å². The SMILES string of the molecule is C/C(=C/OCC1CCOCC1)c1ccccc1. The Hall–Kier alpha value is -1.28. The third kappa shape index (κ3) is 3.90. The first-order valence-corrected chi connectivity index (χ1v) is 6.28. The zero-order valence-electron chi connectivity index (χ0n) is 10.4. The van der Waals surface area contributed by atoms with Crippen molar-refractivity contribution in [3.05, 3.63) is 42.2 Å². The average molecular weight is 232 g/mol. The first-order chi connectivity index (χ1) is 8.36. The predicted octanol–water partition coefficient (Wildman–Crippen LogP) is 3.49. The maximum Gasteiger partial charge on any atom is 0.0903 e. The number of hydrogen-bond donors (Lipinski definition) is 0. The molecule has 0 radical (unpaired) electrons. The van der Waals surface area contributed by atoms with Crippen LogP contribution in [0.2, 0.25) is 0 Å². The van der Waals surface area contributed by atoms with Crippen molar-refractivity contribution in [2.24, 2.45) is 5.92 Å². The summed E-state index contributed by atoms with van der Waals surface area (Å²) in [6.45, 7) is 4.66. The van der Waals surface area contributed by atoms with Crippen LogP contribution in [-0.2, 0) is 9.47 Å². The minimum Gasteiger partial charge on any atom is -0.501 e. The van der Waals surface area contributed by atoms with Crippen LogP contribution in [0.4, 0.5) is 0 Å². The molecule has 0 amide bonds. The smallest absolute Gasteiger partial charge is 0.0903 e. The van der Waals surface area contributed by atoms with Crippen LogP contribution in [0.3, 0.4) is 0 Å². The van der Waals surface area contributed by atoms with Gasteiger partial charge in [0.15, 0.2) is 0 Å². The third-order valence-electron chi connectivity index (χ3n) is 3.16. The normalized spacial score (nSPS) is 18.1. The van der Waals surface area contributed by atoms with E-state index < -0.39 is 0 Å². The second kappa shape index (κ2) is 6.45. The molecule has 0 atom stereocenters. The van der Waals surface area contributed by atoms with Gasteiger partial charge >= 0.3 is 0 Å². The summed E-state index contributed by atoms with van der Waals surface area (Å²) in [7, 11) is 0. The zero-order valence-corrected chi connectivity index (χ0v) is 10.4. The molecule has 2 heteroatoms. The Morgan fingerprint density at radius 2 is 2.00 bits per heavy atom. The summed E-state index contributed by atoms with van der Waals surface area (Å²) in [5.41, 5.74) is 2.40. The van der Waals surface area contributed by atoms with E-state index in [9.17, 15) is 0 Å². The van der Waals surface area contributed by atoms with E-state index in [1.54, 1.807) is 0 Å². The Kier molecular flexibility index (Phi) is 4.63. The molecular weight excluding hydrogens is 212 g/mol. The molecule has 0 N–H and O–H groups in total. The summed E-state index contributed by atoms with van der Waals surface area (Å²) in [4.78, 5) is 0. The van der Waals surface area contributed by atoms with Gasteiger partial charge in [0.2, 0.25) is 0 Å². The zero-order chi connectivity index (χ0) is 11.9. The van der Waals surface area contributed by atoms with E-state index in [0.717, 1.165) is 32.7 Å². The van der Waals surface area contributed by atoms with Crippen molar-refractivity contribution in [3.8, 4) is 0 Å². The van der Waals surface area contributed by atoms with Gasteiger partial charge in [-0.2, -0.15) is 0 Å². The number of rotatable bonds is 4. The average Bonchev–Trinajstić information content (AvgIpc) is 2.41. The van der Waals surface area contributed by atoms with Crippen LogP contribution in [0.1, 0.15) is 25.3 Å². The van der Waals surface area contributed by atoms with E-state index in [0.29, 0.717) is 5.92 Å². The van der Waals surface area contributed by atoms with Crippen molar-refractivity contribution in [1.82, 2.24) is 0 Å². The molecule has 0 unspecified atom stereocenters. The van der Waals surface area contributed by atoms with Crippen molar-refractivity contribution in [3.63, 3.8) is 0 Å². The summed E-state index contributed by atoms with van der Waals surface area (Å²) in [6.07, 6.45) is 4.13. The second-order valence-electron chi connectivity index (χ2n) is 4.56. The second-order valence-corrected chi connectivity index (χ2v) is 4.56. The Morgan fingerprint density at radius 3 is 2.71 bits per heavy atom. The van der Waals surface area contributed by atoms with Gasteiger partial charge in [0.05, 0.1) is 12.9 Å². The lowest BCUT2D eigenvalue weighted by Gasteiger charge is -2.21. The lowest BCUT2D eigenvalue weighted by atomic mass is 10.0. The standard InChI is InChI=1S/C15H20O2/c1-13(15-5-3-2-4-6-15)11-17-12-14-7-9-16-10-8-14/h2-6,11,14H,7-10,12H2,1H3/b13-11-. The summed E-state index contributed by atoms with van der Waals surface area (Å²) in [6, 6.07) is 10.3. The minimum absolute atomic E-state index is 0.656. The fourth-order valence-corrected chi connectivity index (χ4v) is 1.99. The quantitative estimate of drug-likeness (QED) is 0.740. The number of benzene rings is 1. The van der Waals surface area contributed by atoms with Crippen molar-refractivity contribution in [2.45, 2.75) is 19.8 Å². The topological polar surface area (TPSA) is 18.5 Å². The number of allylic oxidation sites excluding steroid dienone is 1. The molecule has 1 heterocycles. The van der Waals surface area contributed by atoms with Gasteiger partial charge in [-0.1, -0.05) is 30.3 Å². The van der Waals surface area contributed by atoms with Crippen LogP contribution in [0, 0.1) is 5.92 Å². The van der Waals surface area contributed by atoms with Crippen LogP contribution in [0.15, 0.2) is 36.6 Å². The van der Waals surface area contributed by atoms with E-state index in [1.165, 1.54) is 11.1 Å². The summed E-state index contributed by atoms with van der Waals surface area (Å²) >= 11 is 0. The van der Waals surface area contributed by atoms with E-state index in [-0.39, 0.29) is 0 Å². The van der Waals surface area contributed by atoms with Crippen LogP contribution in [-0.4, -0.2) is 19.8 Å². The minimum atomic E-state index is 0.656. The molecule has 0 saturated carbocycles. The Labute approximate surface area is 103 Å². The van der Waals surface area contributed by atoms with E-state index >= 15 is 0 Å². The Morgan fingerprint density at radius 1 is 1.29 bits per heavy atom. The van der Waals surface area contributed by atoms with Gasteiger partial charge in [-0.05, 0) is 36.8 Å². The maximum absolute atomic E-state index is 5.67. The molecule has 1 aromatic rings. The van der Waals surface area contributed by atoms with E-state index in [1.807, 2.05) is 24.5 Å². The van der Waals surface area contributed by atoms with Gasteiger partial charge in [0.25, 0.3) is 0 Å². The molecule has 17 heavy (non-hydrogen) atoms. The molecule has 2 nitrogen and oxygen atoms in total. The summed E-state index contributed by atoms with van der Waals surface area (Å²) in [5.74, 6) is 0.656. The fraction of sp³-hybridized carbons (Fsp3) is 0.467. The van der Waals surface area contributed by atoms with Crippen molar-refractivity contribution >= 4 is 5.57 Å². The van der Waals surface area contributed by atoms with Gasteiger partial charge in [-0.3, -0.25) is 0 Å². The maximum atomic E-state index is 5.67. The molecule has 0 aromatic heterocycles. The molecule has 2 rings (SSSR count). The molecule has 1 saturated heterocycles. The van der Waals surface area contributed by atoms with Gasteiger partial charge in [-0.25, -0.2) is 0 Å². The highest BCUT2D eigenvalue weighted by molar-refractivity contribution is 5.62. The third-order valence-corrected chi connectivity index (χ3v) is 3.16. The molecule has 1 aliphatic heterocycles. The van der Waals surface area contributed by atoms with Crippen LogP contribution in [0.25, 0.3) is 5.57 Å². The fourth-order valence-electron chi connectivity index (χ4n) is 1.99. The van der Waals surface area contributed by atoms with Gasteiger partial charge in [-0.15, -0.1) is 0 Å². The molecule has 0 aliphatic carbocycles. The van der Waals surface area contributed by atoms with Crippen LogP contribution in [0.5, 0.6) is 0 Å². The van der Waals surface area contributed by atoms with Crippen molar-refractivity contribution < 1.29 is 9.47 Å². The molecule has 0 bridgehead atoms. The Balaban J connectivity index is 1.80. The summed E-state index contributed by atoms with van der Waals surface area (Å²) in [5, 5.41) is 0. The molecule has 1 aliphatic rings. The van der Waals surface area contributed by atoms with Gasteiger partial charge < -0.3 is 9.47 Å². The molecule has 1 aromatic carbocycles. The lowest BCUT2D eigenvalue weighted by Crippen LogP contribution is -2.19. The Bertz CT molecular complexity index is 350.